The maximum Gasteiger partial charge on any atom is 0.308 e. The van der Waals surface area contributed by atoms with Crippen LogP contribution in [0.4, 0.5) is 0 Å². The van der Waals surface area contributed by atoms with Crippen LogP contribution in [-0.2, 0) is 17.8 Å². The van der Waals surface area contributed by atoms with Crippen LogP contribution < -0.4 is 5.32 Å². The monoisotopic (exact) mass is 236 g/mol. The second kappa shape index (κ2) is 4.10. The first-order valence-electron chi connectivity index (χ1n) is 6.14. The Morgan fingerprint density at radius 2 is 2.35 bits per heavy atom. The number of carboxylic acids is 1. The molecule has 2 aliphatic heterocycles. The molecule has 0 saturated carbocycles. The van der Waals surface area contributed by atoms with Gasteiger partial charge in [-0.3, -0.25) is 4.79 Å². The Morgan fingerprint density at radius 1 is 1.47 bits per heavy atom. The van der Waals surface area contributed by atoms with Crippen LogP contribution in [0.15, 0.2) is 0 Å². The van der Waals surface area contributed by atoms with Crippen molar-refractivity contribution >= 4 is 5.97 Å². The van der Waals surface area contributed by atoms with Crippen LogP contribution in [0, 0.1) is 5.92 Å². The highest BCUT2D eigenvalue weighted by molar-refractivity contribution is 5.70. The van der Waals surface area contributed by atoms with Gasteiger partial charge in [0.1, 0.15) is 5.82 Å². The molecule has 3 heterocycles. The summed E-state index contributed by atoms with van der Waals surface area (Å²) in [6, 6.07) is 0.261. The van der Waals surface area contributed by atoms with Gasteiger partial charge in [-0.05, 0) is 25.8 Å². The number of aryl methyl sites for hydroxylation is 1. The standard InChI is InChI=1S/C11H16N4O2/c16-11(17)7-3-4-9-13-10(14-15(9)6-7)8-2-1-5-12-8/h7-8,12H,1-6H2,(H,16,17). The summed E-state index contributed by atoms with van der Waals surface area (Å²) in [5.74, 6) is 0.731. The molecule has 6 heteroatoms. The van der Waals surface area contributed by atoms with Gasteiger partial charge in [0, 0.05) is 6.42 Å². The summed E-state index contributed by atoms with van der Waals surface area (Å²) in [5.41, 5.74) is 0. The molecule has 3 rings (SSSR count). The minimum Gasteiger partial charge on any atom is -0.481 e. The average molecular weight is 236 g/mol. The van der Waals surface area contributed by atoms with Crippen LogP contribution in [0.25, 0.3) is 0 Å². The van der Waals surface area contributed by atoms with Gasteiger partial charge < -0.3 is 10.4 Å². The quantitative estimate of drug-likeness (QED) is 0.774. The minimum atomic E-state index is -0.730. The van der Waals surface area contributed by atoms with Crippen LogP contribution in [0.2, 0.25) is 0 Å². The Labute approximate surface area is 99.0 Å². The third kappa shape index (κ3) is 1.93. The van der Waals surface area contributed by atoms with E-state index in [1.165, 1.54) is 0 Å². The lowest BCUT2D eigenvalue weighted by Crippen LogP contribution is -2.27. The molecule has 1 saturated heterocycles. The van der Waals surface area contributed by atoms with Gasteiger partial charge in [0.05, 0.1) is 18.5 Å². The van der Waals surface area contributed by atoms with Crippen LogP contribution in [-0.4, -0.2) is 32.4 Å². The first kappa shape index (κ1) is 10.7. The number of aromatic nitrogens is 3. The van der Waals surface area contributed by atoms with Crippen molar-refractivity contribution in [2.24, 2.45) is 5.92 Å². The third-order valence-corrected chi connectivity index (χ3v) is 3.60. The van der Waals surface area contributed by atoms with Crippen molar-refractivity contribution in [1.82, 2.24) is 20.1 Å². The van der Waals surface area contributed by atoms with Gasteiger partial charge in [0.15, 0.2) is 5.82 Å². The zero-order chi connectivity index (χ0) is 11.8. The van der Waals surface area contributed by atoms with E-state index in [9.17, 15) is 4.79 Å². The van der Waals surface area contributed by atoms with Crippen LogP contribution in [0.5, 0.6) is 0 Å². The van der Waals surface area contributed by atoms with E-state index in [0.717, 1.165) is 37.5 Å². The van der Waals surface area contributed by atoms with E-state index in [1.807, 2.05) is 0 Å². The Hall–Kier alpha value is -1.43. The summed E-state index contributed by atoms with van der Waals surface area (Å²) >= 11 is 0. The Bertz CT molecular complexity index is 437. The molecule has 17 heavy (non-hydrogen) atoms. The van der Waals surface area contributed by atoms with Crippen molar-refractivity contribution in [3.8, 4) is 0 Å². The molecule has 0 bridgehead atoms. The van der Waals surface area contributed by atoms with Gasteiger partial charge in [0.2, 0.25) is 0 Å². The molecule has 2 unspecified atom stereocenters. The fourth-order valence-electron chi connectivity index (χ4n) is 2.58. The number of hydrogen-bond donors (Lipinski definition) is 2. The van der Waals surface area contributed by atoms with Crippen molar-refractivity contribution in [3.63, 3.8) is 0 Å². The molecule has 0 aliphatic carbocycles. The fourth-order valence-corrected chi connectivity index (χ4v) is 2.58. The van der Waals surface area contributed by atoms with E-state index in [4.69, 9.17) is 5.11 Å². The lowest BCUT2D eigenvalue weighted by Gasteiger charge is -2.18. The average Bonchev–Trinajstić information content (AvgIpc) is 2.96. The highest BCUT2D eigenvalue weighted by atomic mass is 16.4. The molecule has 6 nitrogen and oxygen atoms in total. The molecule has 0 radical (unpaired) electrons. The van der Waals surface area contributed by atoms with Gasteiger partial charge in [-0.2, -0.15) is 5.10 Å². The van der Waals surface area contributed by atoms with Crippen molar-refractivity contribution in [2.45, 2.75) is 38.3 Å². The molecule has 1 aromatic heterocycles. The number of aliphatic carboxylic acids is 1. The molecule has 1 aromatic rings. The summed E-state index contributed by atoms with van der Waals surface area (Å²) in [6.45, 7) is 1.48. The predicted molar refractivity (Wildman–Crippen MR) is 59.4 cm³/mol. The van der Waals surface area contributed by atoms with E-state index < -0.39 is 5.97 Å². The highest BCUT2D eigenvalue weighted by Gasteiger charge is 2.28. The van der Waals surface area contributed by atoms with E-state index in [2.05, 4.69) is 15.4 Å². The number of fused-ring (bicyclic) bond motifs is 1. The lowest BCUT2D eigenvalue weighted by molar-refractivity contribution is -0.142. The summed E-state index contributed by atoms with van der Waals surface area (Å²) in [5, 5.41) is 16.8. The smallest absolute Gasteiger partial charge is 0.308 e. The Kier molecular flexibility index (Phi) is 2.58. The van der Waals surface area contributed by atoms with Crippen molar-refractivity contribution < 1.29 is 9.90 Å². The number of carbonyl (C=O) groups is 1. The zero-order valence-corrected chi connectivity index (χ0v) is 9.59. The largest absolute Gasteiger partial charge is 0.481 e. The van der Waals surface area contributed by atoms with Crippen molar-refractivity contribution in [1.29, 1.82) is 0 Å². The number of nitrogens with zero attached hydrogens (tertiary/aromatic N) is 3. The number of hydrogen-bond acceptors (Lipinski definition) is 4. The molecular weight excluding hydrogens is 220 g/mol. The molecule has 1 fully saturated rings. The number of rotatable bonds is 2. The van der Waals surface area contributed by atoms with E-state index in [1.54, 1.807) is 4.68 Å². The van der Waals surface area contributed by atoms with Crippen molar-refractivity contribution in [3.05, 3.63) is 11.6 Å². The predicted octanol–water partition coefficient (Wildman–Crippen LogP) is 0.350. The van der Waals surface area contributed by atoms with E-state index in [0.29, 0.717) is 13.0 Å². The summed E-state index contributed by atoms with van der Waals surface area (Å²) < 4.78 is 1.78. The third-order valence-electron chi connectivity index (χ3n) is 3.60. The summed E-state index contributed by atoms with van der Waals surface area (Å²) in [6.07, 6.45) is 3.63. The van der Waals surface area contributed by atoms with Gasteiger partial charge >= 0.3 is 5.97 Å². The van der Waals surface area contributed by atoms with E-state index >= 15 is 0 Å². The van der Waals surface area contributed by atoms with Gasteiger partial charge in [-0.15, -0.1) is 0 Å². The van der Waals surface area contributed by atoms with Gasteiger partial charge in [-0.25, -0.2) is 9.67 Å². The highest BCUT2D eigenvalue weighted by Crippen LogP contribution is 2.24. The maximum atomic E-state index is 11.0. The minimum absolute atomic E-state index is 0.261. The molecule has 2 aliphatic rings. The van der Waals surface area contributed by atoms with Crippen LogP contribution in [0.3, 0.4) is 0 Å². The first-order valence-corrected chi connectivity index (χ1v) is 6.14. The molecule has 0 spiro atoms. The lowest BCUT2D eigenvalue weighted by atomic mass is 10.0. The zero-order valence-electron chi connectivity index (χ0n) is 9.59. The topological polar surface area (TPSA) is 80.0 Å². The van der Waals surface area contributed by atoms with E-state index in [-0.39, 0.29) is 12.0 Å². The number of nitrogens with one attached hydrogen (secondary N) is 1. The Balaban J connectivity index is 1.81. The Morgan fingerprint density at radius 3 is 3.06 bits per heavy atom. The van der Waals surface area contributed by atoms with Crippen LogP contribution >= 0.6 is 0 Å². The number of carboxylic acid groups (broad SMARTS) is 1. The molecule has 92 valence electrons. The second-order valence-corrected chi connectivity index (χ2v) is 4.79. The normalized spacial score (nSPS) is 28.0. The molecule has 0 amide bonds. The maximum absolute atomic E-state index is 11.0. The van der Waals surface area contributed by atoms with Gasteiger partial charge in [-0.1, -0.05) is 0 Å². The first-order chi connectivity index (χ1) is 8.24. The molecule has 0 aromatic carbocycles. The molecule has 2 atom stereocenters. The molecular formula is C11H16N4O2. The van der Waals surface area contributed by atoms with Crippen molar-refractivity contribution in [2.75, 3.05) is 6.54 Å². The SMILES string of the molecule is O=C(O)C1CCc2nc(C3CCCN3)nn2C1. The fraction of sp³-hybridized carbons (Fsp3) is 0.727. The second-order valence-electron chi connectivity index (χ2n) is 4.79. The summed E-state index contributed by atoms with van der Waals surface area (Å²) in [4.78, 5) is 15.5. The van der Waals surface area contributed by atoms with Gasteiger partial charge in [0.25, 0.3) is 0 Å². The molecule has 2 N–H and O–H groups in total. The summed E-state index contributed by atoms with van der Waals surface area (Å²) in [7, 11) is 0. The van der Waals surface area contributed by atoms with Crippen LogP contribution in [0.1, 0.15) is 37.0 Å².